The zero-order valence-corrected chi connectivity index (χ0v) is 14.2. The van der Waals surface area contributed by atoms with Gasteiger partial charge in [-0.2, -0.15) is 0 Å². The molecule has 1 aromatic carbocycles. The van der Waals surface area contributed by atoms with Gasteiger partial charge in [-0.15, -0.1) is 0 Å². The van der Waals surface area contributed by atoms with Gasteiger partial charge >= 0.3 is 0 Å². The number of methoxy groups -OCH3 is 2. The Kier molecular flexibility index (Phi) is 6.23. The maximum Gasteiger partial charge on any atom is 0.132 e. The van der Waals surface area contributed by atoms with Crippen molar-refractivity contribution in [3.8, 4) is 11.5 Å². The van der Waals surface area contributed by atoms with Gasteiger partial charge in [0.25, 0.3) is 0 Å². The Hall–Kier alpha value is -2.27. The summed E-state index contributed by atoms with van der Waals surface area (Å²) in [5.41, 5.74) is 3.40. The van der Waals surface area contributed by atoms with Crippen LogP contribution in [0.5, 0.6) is 11.5 Å². The molecular weight excluding hydrogens is 292 g/mol. The summed E-state index contributed by atoms with van der Waals surface area (Å²) in [4.78, 5) is 4.40. The van der Waals surface area contributed by atoms with Gasteiger partial charge in [-0.3, -0.25) is 0 Å². The van der Waals surface area contributed by atoms with Gasteiger partial charge < -0.3 is 19.5 Å². The van der Waals surface area contributed by atoms with Crippen LogP contribution in [-0.2, 0) is 24.5 Å². The molecule has 0 unspecified atom stereocenters. The predicted octanol–water partition coefficient (Wildman–Crippen LogP) is 3.77. The summed E-state index contributed by atoms with van der Waals surface area (Å²) in [6.45, 7) is 5.92. The lowest BCUT2D eigenvalue weighted by Crippen LogP contribution is -2.06. The molecule has 5 nitrogen and oxygen atoms in total. The molecule has 0 saturated carbocycles. The highest BCUT2D eigenvalue weighted by Crippen LogP contribution is 2.28. The van der Waals surface area contributed by atoms with E-state index >= 15 is 0 Å². The third-order valence-electron chi connectivity index (χ3n) is 3.60. The summed E-state index contributed by atoms with van der Waals surface area (Å²) in [6, 6.07) is 7.79. The van der Waals surface area contributed by atoms with Crippen LogP contribution in [0.4, 0.5) is 5.82 Å². The number of hydrogen-bond donors (Lipinski definition) is 1. The van der Waals surface area contributed by atoms with Gasteiger partial charge in [0.15, 0.2) is 0 Å². The number of benzene rings is 1. The molecule has 2 heterocycles. The van der Waals surface area contributed by atoms with Crippen LogP contribution in [0.25, 0.3) is 0 Å². The molecule has 0 aliphatic carbocycles. The van der Waals surface area contributed by atoms with E-state index in [2.05, 4.69) is 10.3 Å². The van der Waals surface area contributed by atoms with Crippen molar-refractivity contribution in [2.24, 2.45) is 0 Å². The monoisotopic (exact) mass is 316 g/mol. The minimum absolute atomic E-state index is 0.616. The second-order valence-corrected chi connectivity index (χ2v) is 4.82. The van der Waals surface area contributed by atoms with Crippen LogP contribution in [0.2, 0.25) is 0 Å². The normalized spacial score (nSPS) is 12.0. The van der Waals surface area contributed by atoms with E-state index in [1.807, 2.05) is 38.1 Å². The molecule has 1 aliphatic rings. The van der Waals surface area contributed by atoms with Crippen LogP contribution >= 0.6 is 0 Å². The SMILES string of the molecule is CC.COc1ccc(CNc2nccc3c2COC3)c(OC)c1. The van der Waals surface area contributed by atoms with E-state index in [0.717, 1.165) is 28.4 Å². The van der Waals surface area contributed by atoms with Crippen molar-refractivity contribution in [2.45, 2.75) is 33.6 Å². The van der Waals surface area contributed by atoms with E-state index in [-0.39, 0.29) is 0 Å². The van der Waals surface area contributed by atoms with E-state index < -0.39 is 0 Å². The lowest BCUT2D eigenvalue weighted by molar-refractivity contribution is 0.134. The molecule has 124 valence electrons. The van der Waals surface area contributed by atoms with Gasteiger partial charge in [0.1, 0.15) is 17.3 Å². The van der Waals surface area contributed by atoms with Crippen LogP contribution in [-0.4, -0.2) is 19.2 Å². The highest BCUT2D eigenvalue weighted by molar-refractivity contribution is 5.50. The average Bonchev–Trinajstić information content (AvgIpc) is 3.10. The Bertz CT molecular complexity index is 644. The second kappa shape index (κ2) is 8.39. The van der Waals surface area contributed by atoms with E-state index in [9.17, 15) is 0 Å². The molecule has 1 N–H and O–H groups in total. The van der Waals surface area contributed by atoms with Crippen LogP contribution in [0.15, 0.2) is 30.5 Å². The highest BCUT2D eigenvalue weighted by atomic mass is 16.5. The van der Waals surface area contributed by atoms with Gasteiger partial charge in [-0.25, -0.2) is 4.98 Å². The van der Waals surface area contributed by atoms with Crippen LogP contribution in [0, 0.1) is 0 Å². The minimum Gasteiger partial charge on any atom is -0.497 e. The summed E-state index contributed by atoms with van der Waals surface area (Å²) >= 11 is 0. The molecule has 0 fully saturated rings. The molecule has 1 aromatic heterocycles. The molecule has 0 amide bonds. The molecular formula is C18H24N2O3. The van der Waals surface area contributed by atoms with Crippen molar-refractivity contribution in [3.05, 3.63) is 47.2 Å². The molecule has 1 aliphatic heterocycles. The van der Waals surface area contributed by atoms with Gasteiger partial charge in [0.2, 0.25) is 0 Å². The molecule has 0 bridgehead atoms. The van der Waals surface area contributed by atoms with Crippen molar-refractivity contribution in [3.63, 3.8) is 0 Å². The Balaban J connectivity index is 0.000000924. The average molecular weight is 316 g/mol. The van der Waals surface area contributed by atoms with E-state index in [0.29, 0.717) is 19.8 Å². The number of ether oxygens (including phenoxy) is 3. The molecule has 3 rings (SSSR count). The molecule has 23 heavy (non-hydrogen) atoms. The standard InChI is InChI=1S/C16H18N2O3.C2H6/c1-19-13-4-3-11(15(7-13)20-2)8-18-16-14-10-21-9-12(14)5-6-17-16;1-2/h3-7H,8-10H2,1-2H3,(H,17,18);1-2H3. The fourth-order valence-electron chi connectivity index (χ4n) is 2.42. The van der Waals surface area contributed by atoms with Crippen LogP contribution in [0.1, 0.15) is 30.5 Å². The zero-order chi connectivity index (χ0) is 16.7. The molecule has 5 heteroatoms. The number of fused-ring (bicyclic) bond motifs is 1. The number of aromatic nitrogens is 1. The zero-order valence-electron chi connectivity index (χ0n) is 14.2. The van der Waals surface area contributed by atoms with Gasteiger partial charge in [0.05, 0.1) is 27.4 Å². The van der Waals surface area contributed by atoms with Crippen molar-refractivity contribution in [2.75, 3.05) is 19.5 Å². The van der Waals surface area contributed by atoms with E-state index in [1.54, 1.807) is 20.4 Å². The van der Waals surface area contributed by atoms with Crippen LogP contribution < -0.4 is 14.8 Å². The number of nitrogens with zero attached hydrogens (tertiary/aromatic N) is 1. The smallest absolute Gasteiger partial charge is 0.132 e. The van der Waals surface area contributed by atoms with Crippen molar-refractivity contribution in [1.82, 2.24) is 4.98 Å². The number of rotatable bonds is 5. The van der Waals surface area contributed by atoms with E-state index in [4.69, 9.17) is 14.2 Å². The number of nitrogens with one attached hydrogen (secondary N) is 1. The third kappa shape index (κ3) is 3.93. The fourth-order valence-corrected chi connectivity index (χ4v) is 2.42. The first-order valence-corrected chi connectivity index (χ1v) is 7.81. The van der Waals surface area contributed by atoms with Gasteiger partial charge in [-0.1, -0.05) is 13.8 Å². The highest BCUT2D eigenvalue weighted by Gasteiger charge is 2.16. The van der Waals surface area contributed by atoms with E-state index in [1.165, 1.54) is 5.56 Å². The second-order valence-electron chi connectivity index (χ2n) is 4.82. The van der Waals surface area contributed by atoms with Gasteiger partial charge in [0, 0.05) is 29.9 Å². The summed E-state index contributed by atoms with van der Waals surface area (Å²) in [5.74, 6) is 2.45. The summed E-state index contributed by atoms with van der Waals surface area (Å²) < 4.78 is 16.1. The molecule has 0 saturated heterocycles. The Labute approximate surface area is 137 Å². The molecule has 2 aromatic rings. The first-order chi connectivity index (χ1) is 11.3. The molecule has 0 atom stereocenters. The summed E-state index contributed by atoms with van der Waals surface area (Å²) in [6.07, 6.45) is 1.81. The lowest BCUT2D eigenvalue weighted by atomic mass is 10.1. The number of anilines is 1. The summed E-state index contributed by atoms with van der Waals surface area (Å²) in [7, 11) is 3.30. The maximum atomic E-state index is 5.46. The van der Waals surface area contributed by atoms with Crippen LogP contribution in [0.3, 0.4) is 0 Å². The van der Waals surface area contributed by atoms with Crippen molar-refractivity contribution < 1.29 is 14.2 Å². The largest absolute Gasteiger partial charge is 0.497 e. The fraction of sp³-hybridized carbons (Fsp3) is 0.389. The topological polar surface area (TPSA) is 52.6 Å². The number of pyridine rings is 1. The third-order valence-corrected chi connectivity index (χ3v) is 3.60. The Morgan fingerprint density at radius 3 is 2.70 bits per heavy atom. The van der Waals surface area contributed by atoms with Crippen molar-refractivity contribution in [1.29, 1.82) is 0 Å². The minimum atomic E-state index is 0.616. The number of hydrogen-bond acceptors (Lipinski definition) is 5. The lowest BCUT2D eigenvalue weighted by Gasteiger charge is -2.13. The first kappa shape index (κ1) is 17.1. The Morgan fingerprint density at radius 2 is 1.96 bits per heavy atom. The molecule has 0 radical (unpaired) electrons. The first-order valence-electron chi connectivity index (χ1n) is 7.81. The Morgan fingerprint density at radius 1 is 1.13 bits per heavy atom. The van der Waals surface area contributed by atoms with Gasteiger partial charge in [-0.05, 0) is 23.8 Å². The maximum absolute atomic E-state index is 5.46. The summed E-state index contributed by atoms with van der Waals surface area (Å²) in [5, 5.41) is 3.36. The van der Waals surface area contributed by atoms with Crippen molar-refractivity contribution >= 4 is 5.82 Å². The molecule has 0 spiro atoms. The predicted molar refractivity (Wildman–Crippen MR) is 91.0 cm³/mol. The quantitative estimate of drug-likeness (QED) is 0.910.